The summed E-state index contributed by atoms with van der Waals surface area (Å²) in [6.07, 6.45) is 6.01. The largest absolute Gasteiger partial charge is 0.282 e. The van der Waals surface area contributed by atoms with Crippen molar-refractivity contribution in [3.8, 4) is 0 Å². The number of halogens is 1. The maximum absolute atomic E-state index is 12.8. The third-order valence-corrected chi connectivity index (χ3v) is 6.80. The van der Waals surface area contributed by atoms with Gasteiger partial charge in [0, 0.05) is 31.6 Å². The predicted molar refractivity (Wildman–Crippen MR) is 78.6 cm³/mol. The van der Waals surface area contributed by atoms with E-state index < -0.39 is 10.2 Å². The van der Waals surface area contributed by atoms with Crippen molar-refractivity contribution in [1.82, 2.24) is 8.61 Å². The second kappa shape index (κ2) is 6.74. The molecule has 2 aliphatic heterocycles. The summed E-state index contributed by atoms with van der Waals surface area (Å²) >= 11 is 5.95. The Labute approximate surface area is 122 Å². The van der Waals surface area contributed by atoms with E-state index >= 15 is 0 Å². The first-order chi connectivity index (χ1) is 9.05. The van der Waals surface area contributed by atoms with Crippen molar-refractivity contribution >= 4 is 21.8 Å². The maximum Gasteiger partial charge on any atom is 0.282 e. The van der Waals surface area contributed by atoms with E-state index in [9.17, 15) is 8.42 Å². The van der Waals surface area contributed by atoms with Gasteiger partial charge in [0.25, 0.3) is 10.2 Å². The topological polar surface area (TPSA) is 40.6 Å². The first-order valence-corrected chi connectivity index (χ1v) is 9.31. The van der Waals surface area contributed by atoms with Gasteiger partial charge >= 0.3 is 0 Å². The lowest BCUT2D eigenvalue weighted by Crippen LogP contribution is -2.51. The summed E-state index contributed by atoms with van der Waals surface area (Å²) in [5.41, 5.74) is 0. The number of rotatable bonds is 3. The number of piperidine rings is 1. The molecule has 0 N–H and O–H groups in total. The Balaban J connectivity index is 2.11. The molecular formula is C13H25ClN2O2S. The number of hydrogen-bond acceptors (Lipinski definition) is 2. The van der Waals surface area contributed by atoms with Crippen LogP contribution in [0, 0.1) is 5.92 Å². The van der Waals surface area contributed by atoms with Crippen LogP contribution in [0.25, 0.3) is 0 Å². The van der Waals surface area contributed by atoms with Crippen molar-refractivity contribution in [2.75, 3.05) is 25.5 Å². The standard InChI is InChI=1S/C13H25ClN2O2S/c1-12-5-4-8-15(10-7-12)19(17,18)16-9-3-2-6-13(16)11-14/h12-13H,2-11H2,1H3. The SMILES string of the molecule is CC1CCCN(S(=O)(=O)N2CCCCC2CCl)CC1. The fourth-order valence-corrected chi connectivity index (χ4v) is 5.36. The van der Waals surface area contributed by atoms with Crippen LogP contribution in [-0.2, 0) is 10.2 Å². The van der Waals surface area contributed by atoms with E-state index in [2.05, 4.69) is 6.92 Å². The maximum atomic E-state index is 12.8. The van der Waals surface area contributed by atoms with Gasteiger partial charge in [-0.05, 0) is 38.0 Å². The van der Waals surface area contributed by atoms with Crippen LogP contribution in [0.4, 0.5) is 0 Å². The van der Waals surface area contributed by atoms with Gasteiger partial charge in [-0.3, -0.25) is 0 Å². The van der Waals surface area contributed by atoms with Crippen molar-refractivity contribution < 1.29 is 8.42 Å². The molecule has 0 aromatic heterocycles. The van der Waals surface area contributed by atoms with Crippen LogP contribution in [0.1, 0.15) is 45.4 Å². The summed E-state index contributed by atoms with van der Waals surface area (Å²) in [7, 11) is -3.31. The predicted octanol–water partition coefficient (Wildman–Crippen LogP) is 2.45. The number of nitrogens with zero attached hydrogens (tertiary/aromatic N) is 2. The van der Waals surface area contributed by atoms with E-state index in [1.807, 2.05) is 0 Å². The second-order valence-electron chi connectivity index (χ2n) is 5.86. The molecule has 2 heterocycles. The van der Waals surface area contributed by atoms with Gasteiger partial charge < -0.3 is 0 Å². The zero-order valence-corrected chi connectivity index (χ0v) is 13.3. The first kappa shape index (κ1) is 15.5. The lowest BCUT2D eigenvalue weighted by molar-refractivity contribution is 0.247. The van der Waals surface area contributed by atoms with Gasteiger partial charge in [-0.15, -0.1) is 11.6 Å². The van der Waals surface area contributed by atoms with E-state index in [0.717, 1.165) is 38.5 Å². The highest BCUT2D eigenvalue weighted by molar-refractivity contribution is 7.86. The molecule has 0 aromatic carbocycles. The van der Waals surface area contributed by atoms with Crippen LogP contribution in [-0.4, -0.2) is 48.6 Å². The summed E-state index contributed by atoms with van der Waals surface area (Å²) in [6.45, 7) is 4.16. The minimum Gasteiger partial charge on any atom is -0.195 e. The molecule has 0 spiro atoms. The molecule has 2 aliphatic rings. The highest BCUT2D eigenvalue weighted by Gasteiger charge is 2.36. The van der Waals surface area contributed by atoms with Gasteiger partial charge in [-0.1, -0.05) is 13.3 Å². The van der Waals surface area contributed by atoms with Crippen molar-refractivity contribution in [2.45, 2.75) is 51.5 Å². The minimum absolute atomic E-state index is 0.0129. The Bertz CT molecular complexity index is 388. The van der Waals surface area contributed by atoms with E-state index in [1.54, 1.807) is 8.61 Å². The molecule has 6 heteroatoms. The molecule has 2 atom stereocenters. The van der Waals surface area contributed by atoms with Crippen LogP contribution in [0.2, 0.25) is 0 Å². The van der Waals surface area contributed by atoms with Crippen molar-refractivity contribution in [3.05, 3.63) is 0 Å². The Kier molecular flexibility index (Phi) is 5.52. The van der Waals surface area contributed by atoms with Crippen molar-refractivity contribution in [3.63, 3.8) is 0 Å². The third kappa shape index (κ3) is 3.63. The van der Waals surface area contributed by atoms with E-state index in [0.29, 0.717) is 31.4 Å². The van der Waals surface area contributed by atoms with Crippen molar-refractivity contribution in [2.24, 2.45) is 5.92 Å². The molecule has 4 nitrogen and oxygen atoms in total. The van der Waals surface area contributed by atoms with E-state index in [-0.39, 0.29) is 6.04 Å². The molecule has 2 fully saturated rings. The van der Waals surface area contributed by atoms with Crippen LogP contribution >= 0.6 is 11.6 Å². The number of hydrogen-bond donors (Lipinski definition) is 0. The molecule has 0 amide bonds. The highest BCUT2D eigenvalue weighted by atomic mass is 35.5. The monoisotopic (exact) mass is 308 g/mol. The molecule has 0 bridgehead atoms. The van der Waals surface area contributed by atoms with E-state index in [4.69, 9.17) is 11.6 Å². The van der Waals surface area contributed by atoms with Crippen LogP contribution in [0.5, 0.6) is 0 Å². The smallest absolute Gasteiger partial charge is 0.195 e. The van der Waals surface area contributed by atoms with Crippen molar-refractivity contribution in [1.29, 1.82) is 0 Å². The summed E-state index contributed by atoms with van der Waals surface area (Å²) in [4.78, 5) is 0. The fourth-order valence-electron chi connectivity index (χ4n) is 3.05. The molecule has 112 valence electrons. The van der Waals surface area contributed by atoms with Gasteiger partial charge in [-0.2, -0.15) is 17.0 Å². The summed E-state index contributed by atoms with van der Waals surface area (Å²) < 4.78 is 28.9. The summed E-state index contributed by atoms with van der Waals surface area (Å²) in [6, 6.07) is -0.0129. The highest BCUT2D eigenvalue weighted by Crippen LogP contribution is 2.26. The normalized spacial score (nSPS) is 32.1. The molecule has 2 unspecified atom stereocenters. The first-order valence-electron chi connectivity index (χ1n) is 7.38. The molecule has 2 rings (SSSR count). The van der Waals surface area contributed by atoms with Gasteiger partial charge in [0.15, 0.2) is 0 Å². The Morgan fingerprint density at radius 2 is 1.84 bits per heavy atom. The van der Waals surface area contributed by atoms with Gasteiger partial charge in [0.05, 0.1) is 0 Å². The molecule has 19 heavy (non-hydrogen) atoms. The average Bonchev–Trinajstić information content (AvgIpc) is 2.64. The minimum atomic E-state index is -3.31. The Hall–Kier alpha value is 0.160. The zero-order chi connectivity index (χ0) is 13.9. The number of alkyl halides is 1. The van der Waals surface area contributed by atoms with Gasteiger partial charge in [-0.25, -0.2) is 0 Å². The second-order valence-corrected chi connectivity index (χ2v) is 8.05. The average molecular weight is 309 g/mol. The third-order valence-electron chi connectivity index (χ3n) is 4.35. The van der Waals surface area contributed by atoms with Gasteiger partial charge in [0.1, 0.15) is 0 Å². The fraction of sp³-hybridized carbons (Fsp3) is 1.00. The van der Waals surface area contributed by atoms with Crippen LogP contribution in [0.3, 0.4) is 0 Å². The Morgan fingerprint density at radius 1 is 1.05 bits per heavy atom. The quantitative estimate of drug-likeness (QED) is 0.751. The Morgan fingerprint density at radius 3 is 2.58 bits per heavy atom. The molecule has 2 saturated heterocycles. The summed E-state index contributed by atoms with van der Waals surface area (Å²) in [5, 5.41) is 0. The molecule has 0 aliphatic carbocycles. The lowest BCUT2D eigenvalue weighted by atomic mass is 10.0. The lowest BCUT2D eigenvalue weighted by Gasteiger charge is -2.36. The zero-order valence-electron chi connectivity index (χ0n) is 11.7. The van der Waals surface area contributed by atoms with Crippen LogP contribution < -0.4 is 0 Å². The van der Waals surface area contributed by atoms with Gasteiger partial charge in [0.2, 0.25) is 0 Å². The molecular weight excluding hydrogens is 284 g/mol. The van der Waals surface area contributed by atoms with E-state index in [1.165, 1.54) is 0 Å². The molecule has 0 aromatic rings. The molecule has 0 saturated carbocycles. The summed E-state index contributed by atoms with van der Waals surface area (Å²) in [5.74, 6) is 1.04. The van der Waals surface area contributed by atoms with Crippen LogP contribution in [0.15, 0.2) is 0 Å². The molecule has 0 radical (unpaired) electrons.